The van der Waals surface area contributed by atoms with E-state index in [0.717, 1.165) is 16.6 Å². The minimum atomic E-state index is -0.521. The van der Waals surface area contributed by atoms with Crippen molar-refractivity contribution in [2.75, 3.05) is 6.54 Å². The molecule has 2 rings (SSSR count). The predicted molar refractivity (Wildman–Crippen MR) is 105 cm³/mol. The first-order valence-corrected chi connectivity index (χ1v) is 8.63. The number of hydrogen-bond donors (Lipinski definition) is 2. The van der Waals surface area contributed by atoms with Gasteiger partial charge in [-0.15, -0.1) is 0 Å². The van der Waals surface area contributed by atoms with Crippen molar-refractivity contribution in [3.63, 3.8) is 0 Å². The van der Waals surface area contributed by atoms with Gasteiger partial charge in [0.05, 0.1) is 11.2 Å². The van der Waals surface area contributed by atoms with Crippen molar-refractivity contribution in [3.05, 3.63) is 40.9 Å². The number of nitrogens with two attached hydrogens (primary N) is 1. The lowest BCUT2D eigenvalue weighted by Gasteiger charge is -2.32. The molecular formula is C18H25BN2O3S. The van der Waals surface area contributed by atoms with Crippen molar-refractivity contribution >= 4 is 36.3 Å². The Kier molecular flexibility index (Phi) is 5.71. The van der Waals surface area contributed by atoms with E-state index in [1.165, 1.54) is 6.92 Å². The van der Waals surface area contributed by atoms with E-state index in [4.69, 9.17) is 27.3 Å². The minimum absolute atomic E-state index is 0.105. The highest BCUT2D eigenvalue weighted by Gasteiger charge is 2.52. The van der Waals surface area contributed by atoms with Crippen LogP contribution in [0.3, 0.4) is 0 Å². The molecule has 0 atom stereocenters. The van der Waals surface area contributed by atoms with Crippen LogP contribution in [0.5, 0.6) is 0 Å². The molecule has 0 aromatic heterocycles. The molecule has 0 unspecified atom stereocenters. The van der Waals surface area contributed by atoms with Gasteiger partial charge in [-0.25, -0.2) is 0 Å². The third kappa shape index (κ3) is 4.68. The summed E-state index contributed by atoms with van der Waals surface area (Å²) in [4.78, 5) is 11.7. The summed E-state index contributed by atoms with van der Waals surface area (Å²) in [6.07, 6.45) is 1.96. The van der Waals surface area contributed by atoms with Gasteiger partial charge in [-0.3, -0.25) is 4.79 Å². The summed E-state index contributed by atoms with van der Waals surface area (Å²) in [6, 6.07) is 7.59. The Bertz CT molecular complexity index is 683. The van der Waals surface area contributed by atoms with Gasteiger partial charge in [-0.05, 0) is 38.7 Å². The minimum Gasteiger partial charge on any atom is -0.400 e. The molecule has 7 heteroatoms. The standard InChI is InChI=1S/C18H25BN2O3S/c1-12(22)21-11-15(19-23-17(2,3)18(4,5)24-19)10-13-6-8-14(9-7-13)16(20)25/h6-10H,11H2,1-5H3,(H2,20,25)(H,21,22). The number of thiocarbonyl (C=S) groups is 1. The van der Waals surface area contributed by atoms with Gasteiger partial charge in [-0.2, -0.15) is 0 Å². The number of amides is 1. The van der Waals surface area contributed by atoms with E-state index in [9.17, 15) is 4.79 Å². The first kappa shape index (κ1) is 19.6. The average molecular weight is 360 g/mol. The molecule has 25 heavy (non-hydrogen) atoms. The van der Waals surface area contributed by atoms with E-state index in [0.29, 0.717) is 11.5 Å². The molecule has 0 bridgehead atoms. The predicted octanol–water partition coefficient (Wildman–Crippen LogP) is 2.47. The van der Waals surface area contributed by atoms with Gasteiger partial charge in [0.25, 0.3) is 0 Å². The largest absolute Gasteiger partial charge is 0.492 e. The molecule has 1 heterocycles. The smallest absolute Gasteiger partial charge is 0.400 e. The van der Waals surface area contributed by atoms with Crippen molar-refractivity contribution in [1.29, 1.82) is 0 Å². The number of carbonyl (C=O) groups is 1. The maximum absolute atomic E-state index is 11.3. The fraction of sp³-hybridized carbons (Fsp3) is 0.444. The van der Waals surface area contributed by atoms with E-state index in [1.54, 1.807) is 0 Å². The molecule has 1 aliphatic rings. The highest BCUT2D eigenvalue weighted by Crippen LogP contribution is 2.38. The van der Waals surface area contributed by atoms with Crippen molar-refractivity contribution < 1.29 is 14.1 Å². The molecular weight excluding hydrogens is 335 g/mol. The lowest BCUT2D eigenvalue weighted by molar-refractivity contribution is -0.118. The zero-order valence-corrected chi connectivity index (χ0v) is 16.2. The summed E-state index contributed by atoms with van der Waals surface area (Å²) in [5.41, 5.74) is 7.36. The molecule has 1 amide bonds. The molecule has 5 nitrogen and oxygen atoms in total. The van der Waals surface area contributed by atoms with E-state index in [2.05, 4.69) is 5.32 Å². The summed E-state index contributed by atoms with van der Waals surface area (Å²) in [5.74, 6) is -0.105. The van der Waals surface area contributed by atoms with Gasteiger partial charge < -0.3 is 20.4 Å². The molecule has 1 aliphatic heterocycles. The SMILES string of the molecule is CC(=O)NCC(=Cc1ccc(C(N)=S)cc1)B1OC(C)(C)C(C)(C)O1. The Balaban J connectivity index is 2.29. The fourth-order valence-corrected chi connectivity index (χ4v) is 2.52. The lowest BCUT2D eigenvalue weighted by atomic mass is 9.77. The Morgan fingerprint density at radius 3 is 2.16 bits per heavy atom. The van der Waals surface area contributed by atoms with Crippen LogP contribution in [0.4, 0.5) is 0 Å². The maximum atomic E-state index is 11.3. The molecule has 134 valence electrons. The Labute approximate surface area is 155 Å². The van der Waals surface area contributed by atoms with E-state index < -0.39 is 18.3 Å². The van der Waals surface area contributed by atoms with Gasteiger partial charge in [0.15, 0.2) is 0 Å². The third-order valence-electron chi connectivity index (χ3n) is 4.64. The Hall–Kier alpha value is -1.70. The van der Waals surface area contributed by atoms with Crippen LogP contribution in [-0.4, -0.2) is 35.8 Å². The van der Waals surface area contributed by atoms with Crippen LogP contribution in [-0.2, 0) is 14.1 Å². The summed E-state index contributed by atoms with van der Waals surface area (Å²) in [6.45, 7) is 9.84. The number of benzene rings is 1. The number of carbonyl (C=O) groups excluding carboxylic acids is 1. The van der Waals surface area contributed by atoms with Crippen molar-refractivity contribution in [2.45, 2.75) is 45.8 Å². The quantitative estimate of drug-likeness (QED) is 0.623. The van der Waals surface area contributed by atoms with Crippen LogP contribution < -0.4 is 11.1 Å². The molecule has 3 N–H and O–H groups in total. The van der Waals surface area contributed by atoms with Gasteiger partial charge >= 0.3 is 7.12 Å². The van der Waals surface area contributed by atoms with Gasteiger partial charge in [0.2, 0.25) is 5.91 Å². The molecule has 1 fully saturated rings. The van der Waals surface area contributed by atoms with Crippen molar-refractivity contribution in [3.8, 4) is 0 Å². The van der Waals surface area contributed by atoms with Gasteiger partial charge in [-0.1, -0.05) is 42.6 Å². The second kappa shape index (κ2) is 7.27. The van der Waals surface area contributed by atoms with Crippen LogP contribution in [0.25, 0.3) is 6.08 Å². The van der Waals surface area contributed by atoms with E-state index in [1.807, 2.05) is 58.0 Å². The van der Waals surface area contributed by atoms with E-state index in [-0.39, 0.29) is 5.91 Å². The lowest BCUT2D eigenvalue weighted by Crippen LogP contribution is -2.41. The van der Waals surface area contributed by atoms with Gasteiger partial charge in [0, 0.05) is 19.0 Å². The summed E-state index contributed by atoms with van der Waals surface area (Å²) in [5, 5.41) is 2.82. The fourth-order valence-electron chi connectivity index (χ4n) is 2.38. The second-order valence-corrected chi connectivity index (χ2v) is 7.64. The Morgan fingerprint density at radius 1 is 1.20 bits per heavy atom. The summed E-state index contributed by atoms with van der Waals surface area (Å²) in [7, 11) is -0.521. The molecule has 0 radical (unpaired) electrons. The number of hydrogen-bond acceptors (Lipinski definition) is 4. The molecule has 1 aromatic carbocycles. The molecule has 0 aliphatic carbocycles. The zero-order chi connectivity index (χ0) is 18.8. The number of rotatable bonds is 5. The van der Waals surface area contributed by atoms with Gasteiger partial charge in [0.1, 0.15) is 4.99 Å². The maximum Gasteiger partial charge on any atom is 0.492 e. The van der Waals surface area contributed by atoms with Crippen LogP contribution >= 0.6 is 12.2 Å². The number of nitrogens with one attached hydrogen (secondary N) is 1. The normalized spacial score (nSPS) is 18.9. The highest BCUT2D eigenvalue weighted by atomic mass is 32.1. The first-order chi connectivity index (χ1) is 11.5. The Morgan fingerprint density at radius 2 is 1.72 bits per heavy atom. The van der Waals surface area contributed by atoms with Crippen LogP contribution in [0.1, 0.15) is 45.7 Å². The zero-order valence-electron chi connectivity index (χ0n) is 15.4. The molecule has 1 aromatic rings. The van der Waals surface area contributed by atoms with Crippen LogP contribution in [0, 0.1) is 0 Å². The second-order valence-electron chi connectivity index (χ2n) is 7.20. The highest BCUT2D eigenvalue weighted by molar-refractivity contribution is 7.80. The molecule has 1 saturated heterocycles. The van der Waals surface area contributed by atoms with Crippen LogP contribution in [0.15, 0.2) is 29.7 Å². The third-order valence-corrected chi connectivity index (χ3v) is 4.88. The summed E-state index contributed by atoms with van der Waals surface area (Å²) >= 11 is 4.98. The molecule has 0 saturated carbocycles. The van der Waals surface area contributed by atoms with Crippen molar-refractivity contribution in [1.82, 2.24) is 5.32 Å². The topological polar surface area (TPSA) is 73.6 Å². The molecule has 0 spiro atoms. The summed E-state index contributed by atoms with van der Waals surface area (Å²) < 4.78 is 12.2. The van der Waals surface area contributed by atoms with Crippen molar-refractivity contribution in [2.24, 2.45) is 5.73 Å². The average Bonchev–Trinajstić information content (AvgIpc) is 2.72. The monoisotopic (exact) mass is 360 g/mol. The first-order valence-electron chi connectivity index (χ1n) is 8.22. The van der Waals surface area contributed by atoms with E-state index >= 15 is 0 Å². The van der Waals surface area contributed by atoms with Crippen LogP contribution in [0.2, 0.25) is 0 Å².